The molecule has 0 radical (unpaired) electrons. The average Bonchev–Trinajstić information content (AvgIpc) is 2.32. The summed E-state index contributed by atoms with van der Waals surface area (Å²) < 4.78 is 13.1. The van der Waals surface area contributed by atoms with Crippen molar-refractivity contribution >= 4 is 28.9 Å². The quantitative estimate of drug-likeness (QED) is 0.827. The number of benzene rings is 1. The molecular weight excluding hydrogens is 274 g/mol. The molecule has 0 bridgehead atoms. The first-order valence-electron chi connectivity index (χ1n) is 5.39. The van der Waals surface area contributed by atoms with Gasteiger partial charge in [-0.25, -0.2) is 9.37 Å². The van der Waals surface area contributed by atoms with E-state index in [1.165, 1.54) is 6.07 Å². The lowest BCUT2D eigenvalue weighted by atomic mass is 10.1. The molecule has 18 heavy (non-hydrogen) atoms. The molecule has 1 N–H and O–H groups in total. The molecule has 0 aliphatic rings. The van der Waals surface area contributed by atoms with Crippen LogP contribution in [0.5, 0.6) is 0 Å². The Hall–Kier alpha value is -1.32. The number of nitrogens with one attached hydrogen (secondary N) is 1. The van der Waals surface area contributed by atoms with Crippen LogP contribution in [0.3, 0.4) is 0 Å². The number of halogens is 3. The molecular formula is C13H11Cl2FN2. The van der Waals surface area contributed by atoms with Crippen LogP contribution in [0.25, 0.3) is 0 Å². The molecule has 0 aliphatic carbocycles. The Morgan fingerprint density at radius 2 is 2.00 bits per heavy atom. The van der Waals surface area contributed by atoms with E-state index < -0.39 is 5.82 Å². The molecule has 2 aromatic rings. The van der Waals surface area contributed by atoms with E-state index in [-0.39, 0.29) is 11.1 Å². The molecule has 2 rings (SSSR count). The second kappa shape index (κ2) is 5.55. The van der Waals surface area contributed by atoms with Crippen molar-refractivity contribution in [3.8, 4) is 0 Å². The van der Waals surface area contributed by atoms with E-state index in [4.69, 9.17) is 23.2 Å². The van der Waals surface area contributed by atoms with Gasteiger partial charge in [0.1, 0.15) is 11.0 Å². The largest absolute Gasteiger partial charge is 0.378 e. The van der Waals surface area contributed by atoms with Gasteiger partial charge in [-0.05, 0) is 36.8 Å². The average molecular weight is 285 g/mol. The van der Waals surface area contributed by atoms with Crippen LogP contribution in [0.15, 0.2) is 36.5 Å². The topological polar surface area (TPSA) is 24.9 Å². The van der Waals surface area contributed by atoms with Crippen LogP contribution < -0.4 is 5.32 Å². The van der Waals surface area contributed by atoms with E-state index >= 15 is 0 Å². The molecule has 0 fully saturated rings. The van der Waals surface area contributed by atoms with Crippen LogP contribution >= 0.6 is 23.2 Å². The number of pyridine rings is 1. The SMILES string of the molecule is CC(Nc1ccnc(Cl)c1)c1ccc(F)c(Cl)c1. The van der Waals surface area contributed by atoms with Crippen molar-refractivity contribution < 1.29 is 4.39 Å². The summed E-state index contributed by atoms with van der Waals surface area (Å²) in [6.45, 7) is 1.96. The molecule has 0 saturated heterocycles. The molecule has 1 atom stereocenters. The summed E-state index contributed by atoms with van der Waals surface area (Å²) in [6, 6.07) is 8.19. The minimum absolute atomic E-state index is 0.0124. The van der Waals surface area contributed by atoms with Crippen molar-refractivity contribution in [3.63, 3.8) is 0 Å². The van der Waals surface area contributed by atoms with Crippen molar-refractivity contribution in [1.29, 1.82) is 0 Å². The van der Waals surface area contributed by atoms with E-state index in [1.54, 1.807) is 24.4 Å². The molecule has 0 amide bonds. The van der Waals surface area contributed by atoms with Crippen molar-refractivity contribution in [2.45, 2.75) is 13.0 Å². The highest BCUT2D eigenvalue weighted by Gasteiger charge is 2.08. The highest BCUT2D eigenvalue weighted by Crippen LogP contribution is 2.24. The van der Waals surface area contributed by atoms with Gasteiger partial charge in [-0.15, -0.1) is 0 Å². The number of aromatic nitrogens is 1. The van der Waals surface area contributed by atoms with Crippen LogP contribution in [0, 0.1) is 5.82 Å². The second-order valence-corrected chi connectivity index (χ2v) is 4.70. The number of hydrogen-bond donors (Lipinski definition) is 1. The first-order chi connectivity index (χ1) is 8.56. The fourth-order valence-corrected chi connectivity index (χ4v) is 1.97. The number of nitrogens with zero attached hydrogens (tertiary/aromatic N) is 1. The Balaban J connectivity index is 2.16. The summed E-state index contributed by atoms with van der Waals surface area (Å²) in [5.74, 6) is -0.417. The summed E-state index contributed by atoms with van der Waals surface area (Å²) in [4.78, 5) is 3.90. The van der Waals surface area contributed by atoms with Crippen LogP contribution in [-0.4, -0.2) is 4.98 Å². The maximum Gasteiger partial charge on any atom is 0.141 e. The van der Waals surface area contributed by atoms with Gasteiger partial charge in [0.25, 0.3) is 0 Å². The fourth-order valence-electron chi connectivity index (χ4n) is 1.61. The van der Waals surface area contributed by atoms with Gasteiger partial charge in [0.05, 0.1) is 5.02 Å². The standard InChI is InChI=1S/C13H11Cl2FN2/c1-8(9-2-3-12(16)11(14)6-9)18-10-4-5-17-13(15)7-10/h2-8H,1H3,(H,17,18). The molecule has 94 valence electrons. The van der Waals surface area contributed by atoms with Crippen LogP contribution in [-0.2, 0) is 0 Å². The molecule has 1 heterocycles. The zero-order chi connectivity index (χ0) is 13.1. The molecule has 1 aromatic heterocycles. The van der Waals surface area contributed by atoms with E-state index in [9.17, 15) is 4.39 Å². The van der Waals surface area contributed by atoms with Gasteiger partial charge in [0, 0.05) is 17.9 Å². The van der Waals surface area contributed by atoms with Gasteiger partial charge >= 0.3 is 0 Å². The van der Waals surface area contributed by atoms with Gasteiger partial charge in [0.15, 0.2) is 0 Å². The second-order valence-electron chi connectivity index (χ2n) is 3.91. The van der Waals surface area contributed by atoms with Crippen molar-refractivity contribution in [2.24, 2.45) is 0 Å². The molecule has 0 spiro atoms. The number of hydrogen-bond acceptors (Lipinski definition) is 2. The Morgan fingerprint density at radius 3 is 2.67 bits per heavy atom. The summed E-state index contributed by atoms with van der Waals surface area (Å²) in [7, 11) is 0. The highest BCUT2D eigenvalue weighted by atomic mass is 35.5. The predicted octanol–water partition coefficient (Wildman–Crippen LogP) is 4.70. The fraction of sp³-hybridized carbons (Fsp3) is 0.154. The monoisotopic (exact) mass is 284 g/mol. The molecule has 0 aliphatic heterocycles. The first-order valence-corrected chi connectivity index (χ1v) is 6.15. The van der Waals surface area contributed by atoms with E-state index in [2.05, 4.69) is 10.3 Å². The number of anilines is 1. The summed E-state index contributed by atoms with van der Waals surface area (Å²) in [6.07, 6.45) is 1.62. The zero-order valence-corrected chi connectivity index (χ0v) is 11.1. The lowest BCUT2D eigenvalue weighted by Crippen LogP contribution is -2.06. The molecule has 2 nitrogen and oxygen atoms in total. The van der Waals surface area contributed by atoms with Crippen molar-refractivity contribution in [1.82, 2.24) is 4.98 Å². The maximum absolute atomic E-state index is 13.1. The Labute approximate surface area is 115 Å². The smallest absolute Gasteiger partial charge is 0.141 e. The van der Waals surface area contributed by atoms with Crippen LogP contribution in [0.1, 0.15) is 18.5 Å². The zero-order valence-electron chi connectivity index (χ0n) is 9.62. The van der Waals surface area contributed by atoms with E-state index in [0.29, 0.717) is 5.15 Å². The third kappa shape index (κ3) is 3.12. The van der Waals surface area contributed by atoms with Crippen molar-refractivity contribution in [3.05, 3.63) is 58.1 Å². The van der Waals surface area contributed by atoms with Crippen LogP contribution in [0.2, 0.25) is 10.2 Å². The minimum atomic E-state index is -0.417. The molecule has 5 heteroatoms. The van der Waals surface area contributed by atoms with Gasteiger partial charge in [-0.2, -0.15) is 0 Å². The third-order valence-corrected chi connectivity index (χ3v) is 3.05. The van der Waals surface area contributed by atoms with Gasteiger partial charge in [-0.3, -0.25) is 0 Å². The Bertz CT molecular complexity index is 560. The third-order valence-electron chi connectivity index (χ3n) is 2.55. The summed E-state index contributed by atoms with van der Waals surface area (Å²) >= 11 is 11.6. The highest BCUT2D eigenvalue weighted by molar-refractivity contribution is 6.30. The Morgan fingerprint density at radius 1 is 1.22 bits per heavy atom. The number of rotatable bonds is 3. The lowest BCUT2D eigenvalue weighted by Gasteiger charge is -2.16. The van der Waals surface area contributed by atoms with Crippen LogP contribution in [0.4, 0.5) is 10.1 Å². The summed E-state index contributed by atoms with van der Waals surface area (Å²) in [5, 5.41) is 3.78. The maximum atomic E-state index is 13.1. The van der Waals surface area contributed by atoms with E-state index in [1.807, 2.05) is 13.0 Å². The van der Waals surface area contributed by atoms with Gasteiger partial charge in [-0.1, -0.05) is 29.3 Å². The normalized spacial score (nSPS) is 12.2. The van der Waals surface area contributed by atoms with E-state index in [0.717, 1.165) is 11.3 Å². The molecule has 1 unspecified atom stereocenters. The van der Waals surface area contributed by atoms with Gasteiger partial charge < -0.3 is 5.32 Å². The van der Waals surface area contributed by atoms with Crippen molar-refractivity contribution in [2.75, 3.05) is 5.32 Å². The van der Waals surface area contributed by atoms with Gasteiger partial charge in [0.2, 0.25) is 0 Å². The summed E-state index contributed by atoms with van der Waals surface area (Å²) in [5.41, 5.74) is 1.75. The predicted molar refractivity (Wildman–Crippen MR) is 72.7 cm³/mol. The molecule has 0 saturated carbocycles. The lowest BCUT2D eigenvalue weighted by molar-refractivity contribution is 0.627. The minimum Gasteiger partial charge on any atom is -0.378 e. The first kappa shape index (κ1) is 13.1. The molecule has 1 aromatic carbocycles. The Kier molecular flexibility index (Phi) is 4.04.